The molecular weight excluding hydrogens is 590 g/mol. The van der Waals surface area contributed by atoms with Crippen molar-refractivity contribution in [1.82, 2.24) is 15.1 Å². The van der Waals surface area contributed by atoms with Crippen LogP contribution in [0.3, 0.4) is 0 Å². The highest BCUT2D eigenvalue weighted by molar-refractivity contribution is 5.91. The van der Waals surface area contributed by atoms with Crippen molar-refractivity contribution in [3.8, 4) is 16.9 Å². The number of carbonyl (C=O) groups is 3. The zero-order valence-electron chi connectivity index (χ0n) is 22.6. The maximum absolute atomic E-state index is 11.6. The lowest BCUT2D eigenvalue weighted by Crippen LogP contribution is -2.33. The maximum Gasteiger partial charge on any atom is 0.490 e. The number of carboxylic acid groups (broad SMARTS) is 2. The number of halogens is 6. The molecule has 0 saturated carbocycles. The molecule has 3 aromatic rings. The van der Waals surface area contributed by atoms with E-state index < -0.39 is 24.3 Å². The number of aromatic amines is 1. The molecule has 0 radical (unpaired) electrons. The van der Waals surface area contributed by atoms with Gasteiger partial charge in [0.2, 0.25) is 5.91 Å². The van der Waals surface area contributed by atoms with Crippen molar-refractivity contribution in [2.75, 3.05) is 18.5 Å². The number of carbonyl (C=O) groups excluding carboxylic acids is 1. The second kappa shape index (κ2) is 15.6. The van der Waals surface area contributed by atoms with E-state index >= 15 is 0 Å². The van der Waals surface area contributed by atoms with Crippen LogP contribution in [-0.2, 0) is 20.9 Å². The monoisotopic (exact) mass is 618 g/mol. The average Bonchev–Trinajstić information content (AvgIpc) is 3.61. The van der Waals surface area contributed by atoms with Gasteiger partial charge in [0.05, 0.1) is 11.9 Å². The molecule has 1 amide bonds. The summed E-state index contributed by atoms with van der Waals surface area (Å²) in [5.41, 5.74) is 3.99. The maximum atomic E-state index is 11.6. The van der Waals surface area contributed by atoms with Gasteiger partial charge in [-0.2, -0.15) is 31.4 Å². The SMILES string of the molecule is CC(=O)Nc1ccc(-c2cn[nH]c2)cc1OC[C@@H]1CCCN1Cc1ccccc1.O=C(O)C(F)(F)F.O=C(O)C(F)(F)F. The average molecular weight is 619 g/mol. The molecule has 2 heterocycles. The van der Waals surface area contributed by atoms with E-state index in [0.717, 1.165) is 30.6 Å². The van der Waals surface area contributed by atoms with Crippen LogP contribution in [0.15, 0.2) is 60.9 Å². The molecule has 1 aliphatic rings. The number of H-pyrrole nitrogens is 1. The summed E-state index contributed by atoms with van der Waals surface area (Å²) in [6, 6.07) is 16.7. The van der Waals surface area contributed by atoms with Crippen molar-refractivity contribution in [3.63, 3.8) is 0 Å². The minimum absolute atomic E-state index is 0.113. The highest BCUT2D eigenvalue weighted by Crippen LogP contribution is 2.32. The van der Waals surface area contributed by atoms with E-state index in [1.165, 1.54) is 18.9 Å². The Bertz CT molecular complexity index is 1310. The number of hydrogen-bond acceptors (Lipinski definition) is 6. The van der Waals surface area contributed by atoms with Gasteiger partial charge in [0, 0.05) is 31.3 Å². The highest BCUT2D eigenvalue weighted by atomic mass is 19.4. The van der Waals surface area contributed by atoms with E-state index in [2.05, 4.69) is 44.7 Å². The first kappa shape index (κ1) is 34.6. The molecule has 1 fully saturated rings. The normalized spacial score (nSPS) is 14.9. The van der Waals surface area contributed by atoms with Gasteiger partial charge in [-0.25, -0.2) is 9.59 Å². The first-order valence-electron chi connectivity index (χ1n) is 12.5. The van der Waals surface area contributed by atoms with Crippen LogP contribution in [0.5, 0.6) is 5.75 Å². The van der Waals surface area contributed by atoms with Crippen molar-refractivity contribution in [2.45, 2.75) is 44.7 Å². The summed E-state index contributed by atoms with van der Waals surface area (Å²) in [6.07, 6.45) is -4.26. The fraction of sp³-hybridized carbons (Fsp3) is 0.333. The summed E-state index contributed by atoms with van der Waals surface area (Å²) in [6.45, 7) is 4.11. The summed E-state index contributed by atoms with van der Waals surface area (Å²) >= 11 is 0. The first-order chi connectivity index (χ1) is 20.1. The van der Waals surface area contributed by atoms with E-state index in [-0.39, 0.29) is 5.91 Å². The zero-order chi connectivity index (χ0) is 32.2. The summed E-state index contributed by atoms with van der Waals surface area (Å²) in [7, 11) is 0. The van der Waals surface area contributed by atoms with E-state index in [1.54, 1.807) is 6.20 Å². The van der Waals surface area contributed by atoms with Crippen molar-refractivity contribution in [1.29, 1.82) is 0 Å². The molecular formula is C27H28F6N4O6. The Kier molecular flexibility index (Phi) is 12.5. The first-order valence-corrected chi connectivity index (χ1v) is 12.5. The smallest absolute Gasteiger partial charge is 0.490 e. The second-order valence-electron chi connectivity index (χ2n) is 9.05. The predicted octanol–water partition coefficient (Wildman–Crippen LogP) is 5.35. The molecule has 234 valence electrons. The van der Waals surface area contributed by atoms with Gasteiger partial charge in [-0.1, -0.05) is 36.4 Å². The van der Waals surface area contributed by atoms with Crippen LogP contribution < -0.4 is 10.1 Å². The summed E-state index contributed by atoms with van der Waals surface area (Å²) < 4.78 is 69.7. The van der Waals surface area contributed by atoms with Gasteiger partial charge >= 0.3 is 24.3 Å². The lowest BCUT2D eigenvalue weighted by molar-refractivity contribution is -0.193. The van der Waals surface area contributed by atoms with Gasteiger partial charge in [-0.05, 0) is 42.6 Å². The third kappa shape index (κ3) is 12.0. The van der Waals surface area contributed by atoms with Gasteiger partial charge in [-0.3, -0.25) is 14.8 Å². The van der Waals surface area contributed by atoms with E-state index in [9.17, 15) is 31.1 Å². The van der Waals surface area contributed by atoms with Gasteiger partial charge < -0.3 is 20.3 Å². The Hall–Kier alpha value is -4.60. The number of ether oxygens (including phenoxy) is 1. The van der Waals surface area contributed by atoms with Gasteiger partial charge in [0.1, 0.15) is 12.4 Å². The van der Waals surface area contributed by atoms with Gasteiger partial charge in [0.15, 0.2) is 0 Å². The van der Waals surface area contributed by atoms with Crippen LogP contribution in [0.4, 0.5) is 32.0 Å². The lowest BCUT2D eigenvalue weighted by atomic mass is 10.1. The number of nitrogens with zero attached hydrogens (tertiary/aromatic N) is 2. The second-order valence-corrected chi connectivity index (χ2v) is 9.05. The number of anilines is 1. The van der Waals surface area contributed by atoms with Crippen molar-refractivity contribution >= 4 is 23.5 Å². The Morgan fingerprint density at radius 3 is 2.12 bits per heavy atom. The van der Waals surface area contributed by atoms with Crippen LogP contribution >= 0.6 is 0 Å². The number of nitrogens with one attached hydrogen (secondary N) is 2. The number of alkyl halides is 6. The Morgan fingerprint density at radius 1 is 1.00 bits per heavy atom. The third-order valence-corrected chi connectivity index (χ3v) is 5.77. The van der Waals surface area contributed by atoms with E-state index in [4.69, 9.17) is 24.5 Å². The molecule has 4 rings (SSSR count). The molecule has 16 heteroatoms. The van der Waals surface area contributed by atoms with Crippen LogP contribution in [0, 0.1) is 0 Å². The zero-order valence-corrected chi connectivity index (χ0v) is 22.6. The fourth-order valence-corrected chi connectivity index (χ4v) is 3.82. The minimum Gasteiger partial charge on any atom is -0.490 e. The minimum atomic E-state index is -5.08. The van der Waals surface area contributed by atoms with Crippen LogP contribution in [0.1, 0.15) is 25.3 Å². The highest BCUT2D eigenvalue weighted by Gasteiger charge is 2.38. The van der Waals surface area contributed by atoms with Gasteiger partial charge in [0.25, 0.3) is 0 Å². The molecule has 2 aromatic carbocycles. The quantitative estimate of drug-likeness (QED) is 0.260. The molecule has 43 heavy (non-hydrogen) atoms. The van der Waals surface area contributed by atoms with Crippen molar-refractivity contribution < 1.29 is 55.7 Å². The molecule has 1 aromatic heterocycles. The number of aliphatic carboxylic acids is 2. The largest absolute Gasteiger partial charge is 0.490 e. The molecule has 4 N–H and O–H groups in total. The third-order valence-electron chi connectivity index (χ3n) is 5.77. The fourth-order valence-electron chi connectivity index (χ4n) is 3.82. The van der Waals surface area contributed by atoms with Crippen molar-refractivity contribution in [3.05, 3.63) is 66.5 Å². The molecule has 0 unspecified atom stereocenters. The number of carboxylic acids is 2. The topological polar surface area (TPSA) is 145 Å². The number of likely N-dealkylation sites (tertiary alicyclic amines) is 1. The van der Waals surface area contributed by atoms with Crippen LogP contribution in [0.25, 0.3) is 11.1 Å². The molecule has 1 atom stereocenters. The van der Waals surface area contributed by atoms with E-state index in [1.807, 2.05) is 30.5 Å². The van der Waals surface area contributed by atoms with Crippen LogP contribution in [-0.4, -0.2) is 74.7 Å². The Morgan fingerprint density at radius 2 is 1.60 bits per heavy atom. The predicted molar refractivity (Wildman–Crippen MR) is 141 cm³/mol. The molecule has 0 aliphatic carbocycles. The molecule has 1 aliphatic heterocycles. The Balaban J connectivity index is 0.000000384. The Labute approximate surface area is 241 Å². The number of rotatable bonds is 7. The summed E-state index contributed by atoms with van der Waals surface area (Å²) in [5, 5.41) is 24.0. The summed E-state index contributed by atoms with van der Waals surface area (Å²) in [4.78, 5) is 31.9. The molecule has 1 saturated heterocycles. The molecule has 0 bridgehead atoms. The molecule has 10 nitrogen and oxygen atoms in total. The lowest BCUT2D eigenvalue weighted by Gasteiger charge is -2.25. The summed E-state index contributed by atoms with van der Waals surface area (Å²) in [5.74, 6) is -4.94. The van der Waals surface area contributed by atoms with Crippen molar-refractivity contribution in [2.24, 2.45) is 0 Å². The number of aromatic nitrogens is 2. The molecule has 0 spiro atoms. The number of benzene rings is 2. The van der Waals surface area contributed by atoms with Crippen LogP contribution in [0.2, 0.25) is 0 Å². The number of amides is 1. The van der Waals surface area contributed by atoms with Gasteiger partial charge in [-0.15, -0.1) is 0 Å². The number of hydrogen-bond donors (Lipinski definition) is 4. The van der Waals surface area contributed by atoms with E-state index in [0.29, 0.717) is 24.1 Å². The standard InChI is InChI=1S/C23H26N4O2.2C2HF3O2/c1-17(28)26-22-10-9-19(20-13-24-25-14-20)12-23(22)29-16-21-8-5-11-27(21)15-18-6-3-2-4-7-18;2*3-2(4,5)1(6)7/h2-4,6-7,9-10,12-14,21H,5,8,11,15-16H2,1H3,(H,24,25)(H,26,28);2*(H,6,7)/t21-;;/m0../s1.